The third kappa shape index (κ3) is 4.15. The van der Waals surface area contributed by atoms with Gasteiger partial charge < -0.3 is 19.5 Å². The molecule has 1 amide bonds. The highest BCUT2D eigenvalue weighted by Gasteiger charge is 2.33. The first-order valence-corrected chi connectivity index (χ1v) is 10.3. The van der Waals surface area contributed by atoms with Crippen LogP contribution in [-0.2, 0) is 0 Å². The Kier molecular flexibility index (Phi) is 5.97. The van der Waals surface area contributed by atoms with Crippen molar-refractivity contribution in [2.75, 3.05) is 24.5 Å². The number of halogens is 1. The van der Waals surface area contributed by atoms with E-state index < -0.39 is 5.23 Å². The van der Waals surface area contributed by atoms with Crippen LogP contribution in [0.2, 0.25) is 5.02 Å². The number of nitrogens with zero attached hydrogens (tertiary/aromatic N) is 3. The summed E-state index contributed by atoms with van der Waals surface area (Å²) in [5.41, 5.74) is 2.77. The number of anilines is 1. The predicted molar refractivity (Wildman–Crippen MR) is 117 cm³/mol. The first-order valence-electron chi connectivity index (χ1n) is 9.97. The van der Waals surface area contributed by atoms with E-state index in [9.17, 15) is 10.0 Å². The van der Waals surface area contributed by atoms with Crippen LogP contribution in [0.25, 0.3) is 11.3 Å². The minimum atomic E-state index is -1.02. The average Bonchev–Trinajstić information content (AvgIpc) is 3.15. The Bertz CT molecular complexity index is 1090. The van der Waals surface area contributed by atoms with E-state index in [0.717, 1.165) is 11.3 Å². The minimum Gasteiger partial charge on any atom is -0.595 e. The Labute approximate surface area is 184 Å². The van der Waals surface area contributed by atoms with Crippen molar-refractivity contribution < 1.29 is 19.8 Å². The van der Waals surface area contributed by atoms with Crippen LogP contribution in [-0.4, -0.2) is 46.8 Å². The summed E-state index contributed by atoms with van der Waals surface area (Å²) >= 11 is 6.34. The highest BCUT2D eigenvalue weighted by atomic mass is 35.5. The van der Waals surface area contributed by atoms with Crippen LogP contribution in [0.15, 0.2) is 53.1 Å². The van der Waals surface area contributed by atoms with E-state index in [1.807, 2.05) is 42.2 Å². The minimum absolute atomic E-state index is 0.0885. The number of amides is 1. The summed E-state index contributed by atoms with van der Waals surface area (Å²) in [6.07, 6.45) is 0. The van der Waals surface area contributed by atoms with Gasteiger partial charge in [0.1, 0.15) is 17.0 Å². The van der Waals surface area contributed by atoms with Gasteiger partial charge in [-0.15, -0.1) is 0 Å². The summed E-state index contributed by atoms with van der Waals surface area (Å²) in [7, 11) is 0. The summed E-state index contributed by atoms with van der Waals surface area (Å²) in [4.78, 5) is 17.3. The van der Waals surface area contributed by atoms with Gasteiger partial charge in [-0.1, -0.05) is 47.1 Å². The quantitative estimate of drug-likeness (QED) is 0.603. The zero-order chi connectivity index (χ0) is 22.1. The van der Waals surface area contributed by atoms with E-state index in [4.69, 9.17) is 21.3 Å². The Hall–Kier alpha value is -2.91. The van der Waals surface area contributed by atoms with Gasteiger partial charge in [0, 0.05) is 43.4 Å². The van der Waals surface area contributed by atoms with Crippen molar-refractivity contribution in [3.8, 4) is 11.3 Å². The maximum atomic E-state index is 13.4. The van der Waals surface area contributed by atoms with Gasteiger partial charge in [0.05, 0.1) is 10.7 Å². The van der Waals surface area contributed by atoms with Crippen LogP contribution in [0.1, 0.15) is 23.0 Å². The molecule has 162 valence electrons. The molecule has 2 atom stereocenters. The fourth-order valence-electron chi connectivity index (χ4n) is 3.94. The summed E-state index contributed by atoms with van der Waals surface area (Å²) in [6, 6.07) is 14.1. The summed E-state index contributed by atoms with van der Waals surface area (Å²) in [6.45, 7) is 5.37. The van der Waals surface area contributed by atoms with Crippen molar-refractivity contribution in [1.29, 1.82) is 0 Å². The maximum Gasteiger partial charge on any atom is 0.260 e. The predicted octanol–water partition coefficient (Wildman–Crippen LogP) is 3.06. The first-order chi connectivity index (χ1) is 14.9. The van der Waals surface area contributed by atoms with Crippen LogP contribution in [0, 0.1) is 12.1 Å². The van der Waals surface area contributed by atoms with Gasteiger partial charge in [0.15, 0.2) is 5.69 Å². The molecule has 1 aliphatic rings. The zero-order valence-corrected chi connectivity index (χ0v) is 18.0. The third-order valence-corrected chi connectivity index (χ3v) is 5.85. The molecule has 0 saturated carbocycles. The Morgan fingerprint density at radius 3 is 2.65 bits per heavy atom. The van der Waals surface area contributed by atoms with Crippen molar-refractivity contribution >= 4 is 28.9 Å². The van der Waals surface area contributed by atoms with Gasteiger partial charge in [-0.3, -0.25) is 4.79 Å². The highest BCUT2D eigenvalue weighted by Crippen LogP contribution is 2.31. The van der Waals surface area contributed by atoms with Gasteiger partial charge >= 0.3 is 0 Å². The molecule has 4 rings (SSSR count). The van der Waals surface area contributed by atoms with Crippen molar-refractivity contribution in [2.24, 2.45) is 0 Å². The van der Waals surface area contributed by atoms with Crippen LogP contribution >= 0.6 is 11.6 Å². The molecule has 0 aliphatic carbocycles. The Morgan fingerprint density at radius 2 is 2.00 bits per heavy atom. The van der Waals surface area contributed by atoms with E-state index in [1.165, 1.54) is 6.07 Å². The maximum absolute atomic E-state index is 13.4. The van der Waals surface area contributed by atoms with Crippen LogP contribution < -0.4 is 10.1 Å². The summed E-state index contributed by atoms with van der Waals surface area (Å²) < 4.78 is 5.36. The van der Waals surface area contributed by atoms with Crippen molar-refractivity contribution in [2.45, 2.75) is 19.9 Å². The van der Waals surface area contributed by atoms with Crippen molar-refractivity contribution in [1.82, 2.24) is 10.1 Å². The van der Waals surface area contributed by atoms with E-state index in [2.05, 4.69) is 10.1 Å². The fourth-order valence-corrected chi connectivity index (χ4v) is 4.24. The van der Waals surface area contributed by atoms with E-state index >= 15 is 0 Å². The average molecular weight is 443 g/mol. The molecule has 9 heteroatoms. The van der Waals surface area contributed by atoms with Crippen molar-refractivity contribution in [3.63, 3.8) is 0 Å². The van der Waals surface area contributed by atoms with Crippen LogP contribution in [0.3, 0.4) is 0 Å². The molecule has 2 aromatic carbocycles. The van der Waals surface area contributed by atoms with Gasteiger partial charge in [-0.2, -0.15) is 5.23 Å². The SMILES string of the molecule is Cc1onc(-c2ccccc2)c1C(=O)N1CCN(c2ccc([NH+]([O-])O)cc2Cl)CC1C. The van der Waals surface area contributed by atoms with E-state index in [-0.39, 0.29) is 17.6 Å². The second-order valence-electron chi connectivity index (χ2n) is 7.59. The van der Waals surface area contributed by atoms with Gasteiger partial charge in [0.2, 0.25) is 0 Å². The number of hydrogen-bond donors (Lipinski definition) is 2. The molecule has 0 bridgehead atoms. The molecular weight excluding hydrogens is 420 g/mol. The van der Waals surface area contributed by atoms with E-state index in [0.29, 0.717) is 41.7 Å². The second-order valence-corrected chi connectivity index (χ2v) is 8.00. The van der Waals surface area contributed by atoms with Crippen LogP contribution in [0.5, 0.6) is 0 Å². The molecule has 1 aromatic heterocycles. The molecule has 2 N–H and O–H groups in total. The van der Waals surface area contributed by atoms with E-state index in [1.54, 1.807) is 19.1 Å². The number of quaternary nitrogens is 1. The largest absolute Gasteiger partial charge is 0.595 e. The highest BCUT2D eigenvalue weighted by molar-refractivity contribution is 6.33. The first kappa shape index (κ1) is 21.3. The monoisotopic (exact) mass is 442 g/mol. The number of piperazine rings is 1. The topological polar surface area (TPSA) is 97.3 Å². The number of aryl methyl sites for hydroxylation is 1. The molecular formula is C22H23ClN4O4. The molecule has 31 heavy (non-hydrogen) atoms. The second kappa shape index (κ2) is 8.68. The lowest BCUT2D eigenvalue weighted by Gasteiger charge is -2.41. The third-order valence-electron chi connectivity index (χ3n) is 5.55. The molecule has 3 aromatic rings. The molecule has 8 nitrogen and oxygen atoms in total. The van der Waals surface area contributed by atoms with Gasteiger partial charge in [0.25, 0.3) is 5.91 Å². The van der Waals surface area contributed by atoms with Gasteiger partial charge in [-0.25, -0.2) is 5.21 Å². The van der Waals surface area contributed by atoms with Crippen LogP contribution in [0.4, 0.5) is 11.4 Å². The standard InChI is InChI=1S/C22H23ClN4O4/c1-14-13-25(19-9-8-17(27(29)30)12-18(19)23)10-11-26(14)22(28)20-15(2)31-24-21(20)16-6-4-3-5-7-16/h3-9,12,14,27,29H,10-11,13H2,1-2H3. The number of rotatable bonds is 4. The lowest BCUT2D eigenvalue weighted by Crippen LogP contribution is -2.99. The Balaban J connectivity index is 1.54. The molecule has 1 fully saturated rings. The summed E-state index contributed by atoms with van der Waals surface area (Å²) in [5.74, 6) is 0.378. The number of carbonyl (C=O) groups is 1. The Morgan fingerprint density at radius 1 is 1.26 bits per heavy atom. The summed E-state index contributed by atoms with van der Waals surface area (Å²) in [5, 5.41) is 23.8. The molecule has 2 unspecified atom stereocenters. The smallest absolute Gasteiger partial charge is 0.260 e. The number of carbonyl (C=O) groups excluding carboxylic acids is 1. The number of nitrogens with one attached hydrogen (secondary N) is 1. The number of aromatic nitrogens is 1. The van der Waals surface area contributed by atoms with Gasteiger partial charge in [-0.05, 0) is 19.9 Å². The number of hydrogen-bond acceptors (Lipinski definition) is 6. The fraction of sp³-hybridized carbons (Fsp3) is 0.273. The molecule has 2 heterocycles. The number of benzene rings is 2. The van der Waals surface area contributed by atoms with Crippen molar-refractivity contribution in [3.05, 3.63) is 70.1 Å². The molecule has 1 saturated heterocycles. The normalized spacial score (nSPS) is 17.6. The molecule has 0 spiro atoms. The molecule has 1 aliphatic heterocycles. The lowest BCUT2D eigenvalue weighted by atomic mass is 10.0. The lowest BCUT2D eigenvalue weighted by molar-refractivity contribution is -0.991. The zero-order valence-electron chi connectivity index (χ0n) is 17.2. The molecule has 0 radical (unpaired) electrons.